The number of nitrogens with two attached hydrogens (primary N) is 1. The quantitative estimate of drug-likeness (QED) is 0.804. The number of hydrogen-bond donors (Lipinski definition) is 1. The van der Waals surface area contributed by atoms with Crippen molar-refractivity contribution in [2.75, 3.05) is 0 Å². The van der Waals surface area contributed by atoms with Crippen LogP contribution in [0.4, 0.5) is 4.39 Å². The highest BCUT2D eigenvalue weighted by Gasteiger charge is 2.05. The summed E-state index contributed by atoms with van der Waals surface area (Å²) in [7, 11) is 0. The van der Waals surface area contributed by atoms with Crippen molar-refractivity contribution >= 4 is 11.3 Å². The van der Waals surface area contributed by atoms with Crippen molar-refractivity contribution in [1.29, 1.82) is 0 Å². The summed E-state index contributed by atoms with van der Waals surface area (Å²) in [5.74, 6) is -0.217. The smallest absolute Gasteiger partial charge is 0.123 e. The Kier molecular flexibility index (Phi) is 2.61. The van der Waals surface area contributed by atoms with Gasteiger partial charge in [-0.1, -0.05) is 12.1 Å². The minimum Gasteiger partial charge on any atom is -0.326 e. The van der Waals surface area contributed by atoms with Gasteiger partial charge in [-0.05, 0) is 34.7 Å². The summed E-state index contributed by atoms with van der Waals surface area (Å²) < 4.78 is 13.0. The van der Waals surface area contributed by atoms with Gasteiger partial charge in [-0.25, -0.2) is 4.39 Å². The van der Waals surface area contributed by atoms with E-state index in [1.807, 2.05) is 17.5 Å². The first-order chi connectivity index (χ1) is 6.81. The molecule has 14 heavy (non-hydrogen) atoms. The molecule has 3 heteroatoms. The molecule has 1 aromatic heterocycles. The normalized spacial score (nSPS) is 10.4. The summed E-state index contributed by atoms with van der Waals surface area (Å²) in [6, 6.07) is 8.64. The van der Waals surface area contributed by atoms with Crippen LogP contribution in [-0.2, 0) is 6.54 Å². The van der Waals surface area contributed by atoms with E-state index in [9.17, 15) is 4.39 Å². The van der Waals surface area contributed by atoms with E-state index in [-0.39, 0.29) is 5.82 Å². The topological polar surface area (TPSA) is 26.0 Å². The summed E-state index contributed by atoms with van der Waals surface area (Å²) in [5, 5.41) is 1.97. The van der Waals surface area contributed by atoms with Crippen molar-refractivity contribution in [3.05, 3.63) is 47.1 Å². The Morgan fingerprint density at radius 2 is 2.14 bits per heavy atom. The first kappa shape index (κ1) is 9.37. The van der Waals surface area contributed by atoms with Crippen LogP contribution in [0.5, 0.6) is 0 Å². The lowest BCUT2D eigenvalue weighted by molar-refractivity contribution is 0.627. The zero-order valence-corrected chi connectivity index (χ0v) is 8.35. The van der Waals surface area contributed by atoms with Crippen molar-refractivity contribution in [3.63, 3.8) is 0 Å². The molecule has 0 bridgehead atoms. The Labute approximate surface area is 86.0 Å². The van der Waals surface area contributed by atoms with Crippen LogP contribution in [-0.4, -0.2) is 0 Å². The highest BCUT2D eigenvalue weighted by Crippen LogP contribution is 2.28. The van der Waals surface area contributed by atoms with Gasteiger partial charge in [-0.15, -0.1) is 11.3 Å². The zero-order valence-electron chi connectivity index (χ0n) is 7.53. The monoisotopic (exact) mass is 207 g/mol. The molecule has 0 aliphatic rings. The molecule has 0 spiro atoms. The molecule has 1 heterocycles. The maximum absolute atomic E-state index is 13.0. The van der Waals surface area contributed by atoms with Gasteiger partial charge in [-0.3, -0.25) is 0 Å². The number of rotatable bonds is 2. The van der Waals surface area contributed by atoms with Gasteiger partial charge < -0.3 is 5.73 Å². The van der Waals surface area contributed by atoms with Gasteiger partial charge in [0.1, 0.15) is 5.82 Å². The molecular weight excluding hydrogens is 197 g/mol. The molecule has 0 unspecified atom stereocenters. The van der Waals surface area contributed by atoms with Gasteiger partial charge >= 0.3 is 0 Å². The third-order valence-corrected chi connectivity index (χ3v) is 2.98. The lowest BCUT2D eigenvalue weighted by atomic mass is 10.1. The molecule has 0 atom stereocenters. The van der Waals surface area contributed by atoms with Gasteiger partial charge in [0.15, 0.2) is 0 Å². The maximum Gasteiger partial charge on any atom is 0.123 e. The molecule has 72 valence electrons. The number of benzene rings is 1. The van der Waals surface area contributed by atoms with Crippen molar-refractivity contribution in [2.24, 2.45) is 5.73 Å². The fourth-order valence-corrected chi connectivity index (χ4v) is 2.17. The maximum atomic E-state index is 13.0. The lowest BCUT2D eigenvalue weighted by Gasteiger charge is -2.05. The molecule has 0 fully saturated rings. The highest BCUT2D eigenvalue weighted by atomic mass is 32.1. The molecule has 0 aliphatic carbocycles. The van der Waals surface area contributed by atoms with Crippen LogP contribution in [0.25, 0.3) is 10.4 Å². The van der Waals surface area contributed by atoms with Crippen LogP contribution >= 0.6 is 11.3 Å². The van der Waals surface area contributed by atoms with Crippen molar-refractivity contribution in [2.45, 2.75) is 6.54 Å². The molecule has 2 aromatic rings. The molecule has 2 rings (SSSR count). The molecule has 1 aromatic carbocycles. The van der Waals surface area contributed by atoms with Gasteiger partial charge in [0.2, 0.25) is 0 Å². The van der Waals surface area contributed by atoms with Crippen LogP contribution in [0.15, 0.2) is 35.7 Å². The predicted molar refractivity (Wildman–Crippen MR) is 57.6 cm³/mol. The Morgan fingerprint density at radius 3 is 2.79 bits per heavy atom. The Bertz CT molecular complexity index is 423. The van der Waals surface area contributed by atoms with Crippen LogP contribution < -0.4 is 5.73 Å². The molecule has 0 amide bonds. The SMILES string of the molecule is NCc1ccc(F)cc1-c1cccs1. The standard InChI is InChI=1S/C11H10FNS/c12-9-4-3-8(7-13)10(6-9)11-2-1-5-14-11/h1-6H,7,13H2. The van der Waals surface area contributed by atoms with Gasteiger partial charge in [-0.2, -0.15) is 0 Å². The number of thiophene rings is 1. The molecule has 2 N–H and O–H groups in total. The van der Waals surface area contributed by atoms with Crippen molar-refractivity contribution in [1.82, 2.24) is 0 Å². The van der Waals surface area contributed by atoms with E-state index in [0.717, 1.165) is 16.0 Å². The molecule has 0 aliphatic heterocycles. The molecule has 0 saturated heterocycles. The van der Waals surface area contributed by atoms with E-state index >= 15 is 0 Å². The van der Waals surface area contributed by atoms with Gasteiger partial charge in [0.25, 0.3) is 0 Å². The van der Waals surface area contributed by atoms with Crippen LogP contribution in [0.1, 0.15) is 5.56 Å². The molecule has 0 saturated carbocycles. The van der Waals surface area contributed by atoms with Crippen LogP contribution in [0.3, 0.4) is 0 Å². The first-order valence-corrected chi connectivity index (χ1v) is 5.21. The molecule has 0 radical (unpaired) electrons. The van der Waals surface area contributed by atoms with Crippen LogP contribution in [0.2, 0.25) is 0 Å². The third kappa shape index (κ3) is 1.69. The third-order valence-electron chi connectivity index (χ3n) is 2.08. The summed E-state index contributed by atoms with van der Waals surface area (Å²) in [5.41, 5.74) is 7.47. The average Bonchev–Trinajstić information content (AvgIpc) is 2.70. The lowest BCUT2D eigenvalue weighted by Crippen LogP contribution is -1.98. The zero-order chi connectivity index (χ0) is 9.97. The van der Waals surface area contributed by atoms with E-state index < -0.39 is 0 Å². The second-order valence-electron chi connectivity index (χ2n) is 2.98. The second-order valence-corrected chi connectivity index (χ2v) is 3.93. The average molecular weight is 207 g/mol. The molecular formula is C11H10FNS. The second kappa shape index (κ2) is 3.90. The predicted octanol–water partition coefficient (Wildman–Crippen LogP) is 3.01. The Morgan fingerprint density at radius 1 is 1.29 bits per heavy atom. The summed E-state index contributed by atoms with van der Waals surface area (Å²) in [6.45, 7) is 0.438. The summed E-state index contributed by atoms with van der Waals surface area (Å²) in [6.07, 6.45) is 0. The summed E-state index contributed by atoms with van der Waals surface area (Å²) in [4.78, 5) is 1.06. The minimum absolute atomic E-state index is 0.217. The first-order valence-electron chi connectivity index (χ1n) is 4.33. The van der Waals surface area contributed by atoms with E-state index in [2.05, 4.69) is 0 Å². The Hall–Kier alpha value is -1.19. The van der Waals surface area contributed by atoms with Crippen LogP contribution in [0, 0.1) is 5.82 Å². The number of hydrogen-bond acceptors (Lipinski definition) is 2. The van der Waals surface area contributed by atoms with Gasteiger partial charge in [0.05, 0.1) is 0 Å². The summed E-state index contributed by atoms with van der Waals surface area (Å²) >= 11 is 1.59. The fraction of sp³-hybridized carbons (Fsp3) is 0.0909. The van der Waals surface area contributed by atoms with Crippen molar-refractivity contribution in [3.8, 4) is 10.4 Å². The van der Waals surface area contributed by atoms with E-state index in [1.165, 1.54) is 12.1 Å². The van der Waals surface area contributed by atoms with E-state index in [0.29, 0.717) is 6.54 Å². The highest BCUT2D eigenvalue weighted by molar-refractivity contribution is 7.13. The van der Waals surface area contributed by atoms with Crippen molar-refractivity contribution < 1.29 is 4.39 Å². The minimum atomic E-state index is -0.217. The fourth-order valence-electron chi connectivity index (χ4n) is 1.39. The Balaban J connectivity index is 2.55. The van der Waals surface area contributed by atoms with Gasteiger partial charge in [0, 0.05) is 11.4 Å². The largest absolute Gasteiger partial charge is 0.326 e. The molecule has 1 nitrogen and oxygen atoms in total. The number of halogens is 1. The van der Waals surface area contributed by atoms with E-state index in [4.69, 9.17) is 5.73 Å². The van der Waals surface area contributed by atoms with E-state index in [1.54, 1.807) is 17.4 Å².